The van der Waals surface area contributed by atoms with Crippen LogP contribution in [0.1, 0.15) is 51.0 Å². The summed E-state index contributed by atoms with van der Waals surface area (Å²) in [5.41, 5.74) is 1.94. The fourth-order valence-electron chi connectivity index (χ4n) is 7.09. The molecular weight excluding hydrogens is 294 g/mol. The predicted octanol–water partition coefficient (Wildman–Crippen LogP) is 4.49. The summed E-state index contributed by atoms with van der Waals surface area (Å²) in [4.78, 5) is 2.68. The molecule has 0 radical (unpaired) electrons. The summed E-state index contributed by atoms with van der Waals surface area (Å²) >= 11 is 0. The van der Waals surface area contributed by atoms with Gasteiger partial charge in [0.1, 0.15) is 0 Å². The highest BCUT2D eigenvalue weighted by molar-refractivity contribution is 5.15. The first-order valence-electron chi connectivity index (χ1n) is 10.1. The SMILES string of the molecule is CC1C(C23CC4CC(CC(C4)C2)C3)OCCN1Cc1ccccc1. The first-order chi connectivity index (χ1) is 11.7. The molecule has 0 N–H and O–H groups in total. The number of nitrogens with zero attached hydrogens (tertiary/aromatic N) is 1. The molecule has 1 saturated heterocycles. The quantitative estimate of drug-likeness (QED) is 0.812. The first-order valence-corrected chi connectivity index (χ1v) is 10.1. The van der Waals surface area contributed by atoms with E-state index in [1.165, 1.54) is 44.1 Å². The van der Waals surface area contributed by atoms with Gasteiger partial charge in [-0.15, -0.1) is 0 Å². The van der Waals surface area contributed by atoms with E-state index >= 15 is 0 Å². The molecule has 1 aromatic carbocycles. The maximum atomic E-state index is 6.50. The molecular formula is C22H31NO. The Bertz CT molecular complexity index is 548. The molecule has 0 aromatic heterocycles. The van der Waals surface area contributed by atoms with Gasteiger partial charge in [-0.1, -0.05) is 30.3 Å². The minimum Gasteiger partial charge on any atom is -0.375 e. The van der Waals surface area contributed by atoms with E-state index in [0.29, 0.717) is 17.6 Å². The van der Waals surface area contributed by atoms with E-state index in [9.17, 15) is 0 Å². The molecule has 4 bridgehead atoms. The molecule has 1 aromatic rings. The molecule has 1 aliphatic heterocycles. The summed E-state index contributed by atoms with van der Waals surface area (Å²) < 4.78 is 6.50. The van der Waals surface area contributed by atoms with E-state index < -0.39 is 0 Å². The lowest BCUT2D eigenvalue weighted by atomic mass is 9.47. The van der Waals surface area contributed by atoms with Crippen LogP contribution in [0.4, 0.5) is 0 Å². The Morgan fingerprint density at radius 3 is 2.25 bits per heavy atom. The first kappa shape index (κ1) is 15.4. The van der Waals surface area contributed by atoms with E-state index in [0.717, 1.165) is 37.5 Å². The molecule has 5 aliphatic rings. The van der Waals surface area contributed by atoms with Gasteiger partial charge < -0.3 is 4.74 Å². The zero-order valence-electron chi connectivity index (χ0n) is 15.0. The van der Waals surface area contributed by atoms with Crippen molar-refractivity contribution in [2.24, 2.45) is 23.2 Å². The summed E-state index contributed by atoms with van der Waals surface area (Å²) in [5.74, 6) is 3.03. The number of ether oxygens (including phenoxy) is 1. The monoisotopic (exact) mass is 325 g/mol. The lowest BCUT2D eigenvalue weighted by Gasteiger charge is -2.61. The second-order valence-corrected chi connectivity index (χ2v) is 9.27. The zero-order valence-corrected chi connectivity index (χ0v) is 15.0. The largest absolute Gasteiger partial charge is 0.375 e. The highest BCUT2D eigenvalue weighted by atomic mass is 16.5. The third-order valence-electron chi connectivity index (χ3n) is 7.61. The number of rotatable bonds is 3. The van der Waals surface area contributed by atoms with Gasteiger partial charge in [-0.3, -0.25) is 4.90 Å². The van der Waals surface area contributed by atoms with Gasteiger partial charge in [0.25, 0.3) is 0 Å². The molecule has 5 fully saturated rings. The van der Waals surface area contributed by atoms with Crippen LogP contribution in [0.15, 0.2) is 30.3 Å². The molecule has 130 valence electrons. The fourth-order valence-corrected chi connectivity index (χ4v) is 7.09. The average Bonchev–Trinajstić information content (AvgIpc) is 2.56. The van der Waals surface area contributed by atoms with Crippen molar-refractivity contribution in [3.05, 3.63) is 35.9 Å². The topological polar surface area (TPSA) is 12.5 Å². The van der Waals surface area contributed by atoms with Crippen LogP contribution in [0.3, 0.4) is 0 Å². The van der Waals surface area contributed by atoms with Gasteiger partial charge in [0, 0.05) is 19.1 Å². The van der Waals surface area contributed by atoms with Crippen molar-refractivity contribution >= 4 is 0 Å². The summed E-state index contributed by atoms with van der Waals surface area (Å²) in [5, 5.41) is 0. The second-order valence-electron chi connectivity index (χ2n) is 9.27. The summed E-state index contributed by atoms with van der Waals surface area (Å²) in [6, 6.07) is 11.5. The molecule has 24 heavy (non-hydrogen) atoms. The van der Waals surface area contributed by atoms with Crippen LogP contribution in [0, 0.1) is 23.2 Å². The van der Waals surface area contributed by atoms with Crippen LogP contribution in [0.5, 0.6) is 0 Å². The smallest absolute Gasteiger partial charge is 0.0784 e. The van der Waals surface area contributed by atoms with E-state index in [1.807, 2.05) is 0 Å². The Kier molecular flexibility index (Phi) is 3.75. The van der Waals surface area contributed by atoms with E-state index in [4.69, 9.17) is 4.74 Å². The van der Waals surface area contributed by atoms with Crippen molar-refractivity contribution in [2.45, 2.75) is 64.1 Å². The van der Waals surface area contributed by atoms with Crippen molar-refractivity contribution < 1.29 is 4.74 Å². The summed E-state index contributed by atoms with van der Waals surface area (Å²) in [6.45, 7) is 5.52. The highest BCUT2D eigenvalue weighted by Crippen LogP contribution is 2.62. The van der Waals surface area contributed by atoms with Crippen molar-refractivity contribution in [3.63, 3.8) is 0 Å². The van der Waals surface area contributed by atoms with Gasteiger partial charge in [-0.2, -0.15) is 0 Å². The van der Waals surface area contributed by atoms with Crippen molar-refractivity contribution in [3.8, 4) is 0 Å². The molecule has 6 rings (SSSR count). The zero-order chi connectivity index (χ0) is 16.1. The molecule has 1 heterocycles. The van der Waals surface area contributed by atoms with E-state index in [2.05, 4.69) is 42.2 Å². The lowest BCUT2D eigenvalue weighted by molar-refractivity contribution is -0.186. The molecule has 4 saturated carbocycles. The average molecular weight is 325 g/mol. The molecule has 0 amide bonds. The Morgan fingerprint density at radius 2 is 1.62 bits per heavy atom. The fraction of sp³-hybridized carbons (Fsp3) is 0.727. The maximum absolute atomic E-state index is 6.50. The van der Waals surface area contributed by atoms with E-state index in [1.54, 1.807) is 0 Å². The molecule has 4 aliphatic carbocycles. The van der Waals surface area contributed by atoms with Crippen molar-refractivity contribution in [1.29, 1.82) is 0 Å². The molecule has 0 spiro atoms. The van der Waals surface area contributed by atoms with Gasteiger partial charge in [0.15, 0.2) is 0 Å². The standard InChI is InChI=1S/C22H31NO/c1-16-21(22-12-18-9-19(13-22)11-20(10-18)14-22)24-8-7-23(16)15-17-5-3-2-4-6-17/h2-6,16,18-21H,7-15H2,1H3. The normalized spacial score (nSPS) is 44.8. The molecule has 2 unspecified atom stereocenters. The Morgan fingerprint density at radius 1 is 1.00 bits per heavy atom. The number of hydrogen-bond acceptors (Lipinski definition) is 2. The number of benzene rings is 1. The van der Waals surface area contributed by atoms with Crippen LogP contribution >= 0.6 is 0 Å². The van der Waals surface area contributed by atoms with Crippen LogP contribution in [0.25, 0.3) is 0 Å². The predicted molar refractivity (Wildman–Crippen MR) is 96.7 cm³/mol. The lowest BCUT2D eigenvalue weighted by Crippen LogP contribution is -2.61. The maximum Gasteiger partial charge on any atom is 0.0784 e. The summed E-state index contributed by atoms with van der Waals surface area (Å²) in [7, 11) is 0. The van der Waals surface area contributed by atoms with Crippen LogP contribution in [-0.2, 0) is 11.3 Å². The van der Waals surface area contributed by atoms with Gasteiger partial charge >= 0.3 is 0 Å². The number of hydrogen-bond donors (Lipinski definition) is 0. The third kappa shape index (κ3) is 2.54. The Labute approximate surface area is 146 Å². The Balaban J connectivity index is 1.36. The Hall–Kier alpha value is -0.860. The molecule has 2 nitrogen and oxygen atoms in total. The third-order valence-corrected chi connectivity index (χ3v) is 7.61. The highest BCUT2D eigenvalue weighted by Gasteiger charge is 2.56. The van der Waals surface area contributed by atoms with Crippen molar-refractivity contribution in [1.82, 2.24) is 4.90 Å². The van der Waals surface area contributed by atoms with Crippen LogP contribution in [0.2, 0.25) is 0 Å². The van der Waals surface area contributed by atoms with E-state index in [-0.39, 0.29) is 0 Å². The number of morpholine rings is 1. The second kappa shape index (κ2) is 5.85. The molecule has 2 atom stereocenters. The van der Waals surface area contributed by atoms with Crippen molar-refractivity contribution in [2.75, 3.05) is 13.2 Å². The van der Waals surface area contributed by atoms with Crippen LogP contribution < -0.4 is 0 Å². The molecule has 2 heteroatoms. The van der Waals surface area contributed by atoms with Crippen LogP contribution in [-0.4, -0.2) is 30.2 Å². The van der Waals surface area contributed by atoms with Gasteiger partial charge in [0.2, 0.25) is 0 Å². The van der Waals surface area contributed by atoms with Gasteiger partial charge in [0.05, 0.1) is 12.7 Å². The minimum atomic E-state index is 0.461. The summed E-state index contributed by atoms with van der Waals surface area (Å²) in [6.07, 6.45) is 9.38. The van der Waals surface area contributed by atoms with Gasteiger partial charge in [-0.25, -0.2) is 0 Å². The minimum absolute atomic E-state index is 0.461. The van der Waals surface area contributed by atoms with Gasteiger partial charge in [-0.05, 0) is 74.2 Å².